The molecule has 31 heavy (non-hydrogen) atoms. The Bertz CT molecular complexity index is 944. The van der Waals surface area contributed by atoms with Crippen LogP contribution in [0.25, 0.3) is 0 Å². The molecule has 1 heterocycles. The van der Waals surface area contributed by atoms with Gasteiger partial charge in [0.05, 0.1) is 25.3 Å². The van der Waals surface area contributed by atoms with Gasteiger partial charge in [0.1, 0.15) is 11.5 Å². The van der Waals surface area contributed by atoms with E-state index in [4.69, 9.17) is 32.7 Å². The number of amides is 2. The molecule has 2 aromatic rings. The van der Waals surface area contributed by atoms with Crippen molar-refractivity contribution >= 4 is 35.0 Å². The lowest BCUT2D eigenvalue weighted by molar-refractivity contribution is 0.0635. The van der Waals surface area contributed by atoms with Crippen LogP contribution >= 0.6 is 23.2 Å². The first-order chi connectivity index (χ1) is 14.9. The Balaban J connectivity index is 1.49. The highest BCUT2D eigenvalue weighted by Gasteiger charge is 2.24. The lowest BCUT2D eigenvalue weighted by Gasteiger charge is -2.35. The third-order valence-corrected chi connectivity index (χ3v) is 5.64. The number of rotatable bonds is 7. The zero-order chi connectivity index (χ0) is 22.4. The van der Waals surface area contributed by atoms with Gasteiger partial charge in [-0.05, 0) is 36.4 Å². The Morgan fingerprint density at radius 1 is 0.903 bits per heavy atom. The number of methoxy groups -OCH3 is 2. The van der Waals surface area contributed by atoms with Crippen molar-refractivity contribution in [2.24, 2.45) is 0 Å². The van der Waals surface area contributed by atoms with Crippen molar-refractivity contribution in [2.75, 3.05) is 53.5 Å². The van der Waals surface area contributed by atoms with Gasteiger partial charge in [0.2, 0.25) is 0 Å². The number of nitrogens with one attached hydrogen (secondary N) is 1. The topological polar surface area (TPSA) is 71.1 Å². The molecule has 0 unspecified atom stereocenters. The molecule has 1 N–H and O–H groups in total. The number of carbonyl (C=O) groups is 2. The zero-order valence-corrected chi connectivity index (χ0v) is 19.0. The minimum Gasteiger partial charge on any atom is -0.496 e. The molecule has 2 amide bonds. The molecule has 0 saturated carbocycles. The molecule has 3 rings (SSSR count). The van der Waals surface area contributed by atoms with E-state index in [2.05, 4.69) is 10.2 Å². The number of hydrogen-bond donors (Lipinski definition) is 1. The van der Waals surface area contributed by atoms with Crippen LogP contribution in [-0.4, -0.2) is 75.1 Å². The summed E-state index contributed by atoms with van der Waals surface area (Å²) >= 11 is 12.0. The SMILES string of the molecule is COc1ccc(Cl)cc1C(=O)NCCN1CCN(C(=O)c2cc(Cl)ccc2OC)CC1. The first-order valence-electron chi connectivity index (χ1n) is 9.90. The Hall–Kier alpha value is -2.48. The van der Waals surface area contributed by atoms with E-state index in [1.165, 1.54) is 14.2 Å². The zero-order valence-electron chi connectivity index (χ0n) is 17.5. The van der Waals surface area contributed by atoms with Crippen LogP contribution in [0, 0.1) is 0 Å². The van der Waals surface area contributed by atoms with Crippen LogP contribution in [0.2, 0.25) is 10.0 Å². The molecule has 0 radical (unpaired) electrons. The van der Waals surface area contributed by atoms with Crippen molar-refractivity contribution in [3.05, 3.63) is 57.6 Å². The number of benzene rings is 2. The molecule has 0 bridgehead atoms. The van der Waals surface area contributed by atoms with Crippen molar-refractivity contribution in [3.8, 4) is 11.5 Å². The highest BCUT2D eigenvalue weighted by molar-refractivity contribution is 6.31. The predicted octanol–water partition coefficient (Wildman–Crippen LogP) is 3.20. The first kappa shape index (κ1) is 23.2. The summed E-state index contributed by atoms with van der Waals surface area (Å²) in [5.74, 6) is 0.656. The van der Waals surface area contributed by atoms with Gasteiger partial charge < -0.3 is 19.7 Å². The Kier molecular flexibility index (Phi) is 8.01. The van der Waals surface area contributed by atoms with E-state index in [1.807, 2.05) is 0 Å². The number of nitrogens with zero attached hydrogens (tertiary/aromatic N) is 2. The van der Waals surface area contributed by atoms with Crippen LogP contribution in [0.15, 0.2) is 36.4 Å². The smallest absolute Gasteiger partial charge is 0.257 e. The van der Waals surface area contributed by atoms with Crippen molar-refractivity contribution in [1.82, 2.24) is 15.1 Å². The number of halogens is 2. The summed E-state index contributed by atoms with van der Waals surface area (Å²) in [6.07, 6.45) is 0. The Morgan fingerprint density at radius 2 is 1.45 bits per heavy atom. The second-order valence-corrected chi connectivity index (χ2v) is 7.95. The molecule has 9 heteroatoms. The molecular weight excluding hydrogens is 441 g/mol. The second-order valence-electron chi connectivity index (χ2n) is 7.08. The molecule has 2 aromatic carbocycles. The summed E-state index contributed by atoms with van der Waals surface area (Å²) in [6, 6.07) is 9.96. The van der Waals surface area contributed by atoms with Crippen LogP contribution in [0.1, 0.15) is 20.7 Å². The van der Waals surface area contributed by atoms with Crippen LogP contribution < -0.4 is 14.8 Å². The minimum absolute atomic E-state index is 0.0969. The summed E-state index contributed by atoms with van der Waals surface area (Å²) < 4.78 is 10.5. The largest absolute Gasteiger partial charge is 0.496 e. The molecule has 1 saturated heterocycles. The molecular formula is C22H25Cl2N3O4. The van der Waals surface area contributed by atoms with Crippen molar-refractivity contribution in [2.45, 2.75) is 0 Å². The molecule has 0 atom stereocenters. The van der Waals surface area contributed by atoms with Gasteiger partial charge in [-0.25, -0.2) is 0 Å². The molecule has 1 fully saturated rings. The number of ether oxygens (including phenoxy) is 2. The lowest BCUT2D eigenvalue weighted by Crippen LogP contribution is -2.50. The average molecular weight is 466 g/mol. The lowest BCUT2D eigenvalue weighted by atomic mass is 10.1. The van der Waals surface area contributed by atoms with Crippen molar-refractivity contribution in [3.63, 3.8) is 0 Å². The Morgan fingerprint density at radius 3 is 2.03 bits per heavy atom. The number of piperazine rings is 1. The Labute approximate surface area is 191 Å². The molecule has 0 aromatic heterocycles. The third kappa shape index (κ3) is 5.81. The van der Waals surface area contributed by atoms with E-state index in [9.17, 15) is 9.59 Å². The van der Waals surface area contributed by atoms with Crippen LogP contribution in [0.3, 0.4) is 0 Å². The van der Waals surface area contributed by atoms with Crippen LogP contribution in [0.5, 0.6) is 11.5 Å². The van der Waals surface area contributed by atoms with Gasteiger partial charge in [0.25, 0.3) is 11.8 Å². The maximum absolute atomic E-state index is 12.9. The van der Waals surface area contributed by atoms with Gasteiger partial charge in [-0.1, -0.05) is 23.2 Å². The minimum atomic E-state index is -0.235. The van der Waals surface area contributed by atoms with Gasteiger partial charge in [0, 0.05) is 49.3 Å². The van der Waals surface area contributed by atoms with Gasteiger partial charge >= 0.3 is 0 Å². The van der Waals surface area contributed by atoms with E-state index < -0.39 is 0 Å². The number of hydrogen-bond acceptors (Lipinski definition) is 5. The van der Waals surface area contributed by atoms with E-state index >= 15 is 0 Å². The van der Waals surface area contributed by atoms with E-state index in [0.29, 0.717) is 71.9 Å². The fraction of sp³-hybridized carbons (Fsp3) is 0.364. The molecule has 1 aliphatic rings. The highest BCUT2D eigenvalue weighted by Crippen LogP contribution is 2.25. The average Bonchev–Trinajstić information content (AvgIpc) is 2.79. The standard InChI is InChI=1S/C22H25Cl2N3O4/c1-30-19-5-3-15(23)13-17(19)21(28)25-7-8-26-9-11-27(12-10-26)22(29)18-14-16(24)4-6-20(18)31-2/h3-6,13-14H,7-12H2,1-2H3,(H,25,28). The van der Waals surface area contributed by atoms with Crippen molar-refractivity contribution < 1.29 is 19.1 Å². The molecule has 0 spiro atoms. The molecule has 1 aliphatic heterocycles. The van der Waals surface area contributed by atoms with E-state index in [1.54, 1.807) is 41.3 Å². The van der Waals surface area contributed by atoms with Gasteiger partial charge in [-0.2, -0.15) is 0 Å². The van der Waals surface area contributed by atoms with E-state index in [-0.39, 0.29) is 11.8 Å². The van der Waals surface area contributed by atoms with Crippen molar-refractivity contribution in [1.29, 1.82) is 0 Å². The fourth-order valence-corrected chi connectivity index (χ4v) is 3.82. The summed E-state index contributed by atoms with van der Waals surface area (Å²) in [6.45, 7) is 3.76. The number of carbonyl (C=O) groups excluding carboxylic acids is 2. The third-order valence-electron chi connectivity index (χ3n) is 5.17. The van der Waals surface area contributed by atoms with Crippen LogP contribution in [0.4, 0.5) is 0 Å². The highest BCUT2D eigenvalue weighted by atomic mass is 35.5. The predicted molar refractivity (Wildman–Crippen MR) is 121 cm³/mol. The molecule has 0 aliphatic carbocycles. The normalized spacial score (nSPS) is 14.3. The summed E-state index contributed by atoms with van der Waals surface area (Å²) in [5.41, 5.74) is 0.868. The monoisotopic (exact) mass is 465 g/mol. The summed E-state index contributed by atoms with van der Waals surface area (Å²) in [7, 11) is 3.05. The summed E-state index contributed by atoms with van der Waals surface area (Å²) in [4.78, 5) is 29.3. The molecule has 7 nitrogen and oxygen atoms in total. The maximum Gasteiger partial charge on any atom is 0.257 e. The molecule has 166 valence electrons. The van der Waals surface area contributed by atoms with Gasteiger partial charge in [0.15, 0.2) is 0 Å². The quantitative estimate of drug-likeness (QED) is 0.679. The fourth-order valence-electron chi connectivity index (χ4n) is 3.47. The second kappa shape index (κ2) is 10.7. The first-order valence-corrected chi connectivity index (χ1v) is 10.7. The van der Waals surface area contributed by atoms with E-state index in [0.717, 1.165) is 0 Å². The van der Waals surface area contributed by atoms with Gasteiger partial charge in [-0.3, -0.25) is 14.5 Å². The van der Waals surface area contributed by atoms with Gasteiger partial charge in [-0.15, -0.1) is 0 Å². The summed E-state index contributed by atoms with van der Waals surface area (Å²) in [5, 5.41) is 3.87. The van der Waals surface area contributed by atoms with Crippen LogP contribution in [-0.2, 0) is 0 Å². The maximum atomic E-state index is 12.9.